The van der Waals surface area contributed by atoms with Crippen LogP contribution in [0.1, 0.15) is 29.6 Å². The fraction of sp³-hybridized carbons (Fsp3) is 0.500. The fourth-order valence-corrected chi connectivity index (χ4v) is 3.61. The smallest absolute Gasteiger partial charge is 0.288 e. The summed E-state index contributed by atoms with van der Waals surface area (Å²) in [6, 6.07) is 4.80. The number of amides is 1. The Hall–Kier alpha value is -1.66. The molecule has 3 rings (SSSR count). The zero-order valence-corrected chi connectivity index (χ0v) is 12.2. The Balaban J connectivity index is 1.77. The van der Waals surface area contributed by atoms with Gasteiger partial charge in [0.15, 0.2) is 0 Å². The first-order chi connectivity index (χ1) is 10.1. The Kier molecular flexibility index (Phi) is 3.82. The van der Waals surface area contributed by atoms with Crippen LogP contribution in [0.25, 0.3) is 0 Å². The largest absolute Gasteiger partial charge is 0.348 e. The normalized spacial score (nSPS) is 24.8. The summed E-state index contributed by atoms with van der Waals surface area (Å²) in [4.78, 5) is 25.0. The molecule has 1 amide bonds. The van der Waals surface area contributed by atoms with E-state index in [2.05, 4.69) is 10.2 Å². The maximum atomic E-state index is 12.3. The Morgan fingerprint density at radius 3 is 2.95 bits per heavy atom. The third-order valence-corrected chi connectivity index (χ3v) is 4.74. The lowest BCUT2D eigenvalue weighted by atomic mass is 10.1. The monoisotopic (exact) mass is 309 g/mol. The fourth-order valence-electron chi connectivity index (χ4n) is 3.33. The maximum absolute atomic E-state index is 12.3. The highest BCUT2D eigenvalue weighted by molar-refractivity contribution is 6.35. The molecule has 0 saturated carbocycles. The molecule has 6 nitrogen and oxygen atoms in total. The number of hydrogen-bond donors (Lipinski definition) is 1. The summed E-state index contributed by atoms with van der Waals surface area (Å²) in [6.45, 7) is 2.09. The first kappa shape index (κ1) is 14.3. The highest BCUT2D eigenvalue weighted by Gasteiger charge is 2.38. The van der Waals surface area contributed by atoms with Gasteiger partial charge in [-0.2, -0.15) is 0 Å². The van der Waals surface area contributed by atoms with Crippen LogP contribution in [0, 0.1) is 10.1 Å². The van der Waals surface area contributed by atoms with E-state index in [0.29, 0.717) is 6.04 Å². The molecule has 0 spiro atoms. The number of nitro benzene ring substituents is 1. The number of nitrogens with one attached hydrogen (secondary N) is 1. The van der Waals surface area contributed by atoms with Crippen LogP contribution in [-0.2, 0) is 0 Å². The first-order valence-electron chi connectivity index (χ1n) is 7.06. The molecule has 1 aromatic rings. The van der Waals surface area contributed by atoms with Crippen LogP contribution in [0.5, 0.6) is 0 Å². The molecule has 2 fully saturated rings. The molecule has 2 atom stereocenters. The molecular formula is C14H16ClN3O3. The van der Waals surface area contributed by atoms with Crippen molar-refractivity contribution in [3.8, 4) is 0 Å². The molecule has 112 valence electrons. The van der Waals surface area contributed by atoms with Crippen LogP contribution in [0.4, 0.5) is 5.69 Å². The van der Waals surface area contributed by atoms with E-state index in [4.69, 9.17) is 11.6 Å². The predicted molar refractivity (Wildman–Crippen MR) is 78.6 cm³/mol. The molecule has 2 aliphatic heterocycles. The Bertz CT molecular complexity index is 593. The number of nitrogens with zero attached hydrogens (tertiary/aromatic N) is 2. The SMILES string of the molecule is O=C(NC1CCN2CCCC12)c1cccc([N+](=O)[O-])c1Cl. The van der Waals surface area contributed by atoms with Crippen LogP contribution in [0.2, 0.25) is 5.02 Å². The minimum absolute atomic E-state index is 0.0960. The molecule has 2 heterocycles. The average molecular weight is 310 g/mol. The van der Waals surface area contributed by atoms with Gasteiger partial charge in [0.05, 0.1) is 10.5 Å². The standard InChI is InChI=1S/C14H16ClN3O3/c15-13-9(3-1-4-12(13)18(20)21)14(19)16-10-6-8-17-7-2-5-11(10)17/h1,3-4,10-11H,2,5-8H2,(H,16,19). The number of nitro groups is 1. The van der Waals surface area contributed by atoms with Gasteiger partial charge < -0.3 is 5.32 Å². The van der Waals surface area contributed by atoms with Gasteiger partial charge in [-0.1, -0.05) is 17.7 Å². The first-order valence-corrected chi connectivity index (χ1v) is 7.43. The topological polar surface area (TPSA) is 75.5 Å². The average Bonchev–Trinajstić information content (AvgIpc) is 3.03. The van der Waals surface area contributed by atoms with E-state index in [1.807, 2.05) is 0 Å². The lowest BCUT2D eigenvalue weighted by molar-refractivity contribution is -0.384. The van der Waals surface area contributed by atoms with Crippen molar-refractivity contribution < 1.29 is 9.72 Å². The van der Waals surface area contributed by atoms with Gasteiger partial charge in [-0.05, 0) is 31.9 Å². The molecule has 7 heteroatoms. The van der Waals surface area contributed by atoms with E-state index in [1.54, 1.807) is 0 Å². The van der Waals surface area contributed by atoms with Gasteiger partial charge in [0.25, 0.3) is 11.6 Å². The van der Waals surface area contributed by atoms with Gasteiger partial charge in [0, 0.05) is 24.7 Å². The Labute approximate surface area is 127 Å². The van der Waals surface area contributed by atoms with Crippen molar-refractivity contribution in [3.05, 3.63) is 38.9 Å². The molecule has 2 aliphatic rings. The van der Waals surface area contributed by atoms with Crippen LogP contribution in [0.15, 0.2) is 18.2 Å². The minimum Gasteiger partial charge on any atom is -0.348 e. The number of carbonyl (C=O) groups excluding carboxylic acids is 1. The third kappa shape index (κ3) is 2.61. The molecule has 0 aliphatic carbocycles. The number of benzene rings is 1. The van der Waals surface area contributed by atoms with Gasteiger partial charge in [0.2, 0.25) is 0 Å². The summed E-state index contributed by atoms with van der Waals surface area (Å²) in [7, 11) is 0. The van der Waals surface area contributed by atoms with Crippen molar-refractivity contribution in [2.75, 3.05) is 13.1 Å². The lowest BCUT2D eigenvalue weighted by Crippen LogP contribution is -2.42. The number of rotatable bonds is 3. The molecule has 2 unspecified atom stereocenters. The van der Waals surface area contributed by atoms with Crippen LogP contribution >= 0.6 is 11.6 Å². The third-order valence-electron chi connectivity index (χ3n) is 4.34. The number of fused-ring (bicyclic) bond motifs is 1. The van der Waals surface area contributed by atoms with Crippen molar-refractivity contribution in [1.82, 2.24) is 10.2 Å². The van der Waals surface area contributed by atoms with Crippen molar-refractivity contribution in [2.24, 2.45) is 0 Å². The zero-order valence-electron chi connectivity index (χ0n) is 11.4. The predicted octanol–water partition coefficient (Wildman–Crippen LogP) is 2.21. The van der Waals surface area contributed by atoms with E-state index in [9.17, 15) is 14.9 Å². The lowest BCUT2D eigenvalue weighted by Gasteiger charge is -2.21. The van der Waals surface area contributed by atoms with Gasteiger partial charge in [0.1, 0.15) is 5.02 Å². The van der Waals surface area contributed by atoms with Gasteiger partial charge in [-0.3, -0.25) is 19.8 Å². The molecule has 21 heavy (non-hydrogen) atoms. The quantitative estimate of drug-likeness (QED) is 0.686. The zero-order chi connectivity index (χ0) is 15.0. The highest BCUT2D eigenvalue weighted by atomic mass is 35.5. The van der Waals surface area contributed by atoms with Gasteiger partial charge in [-0.25, -0.2) is 0 Å². The minimum atomic E-state index is -0.576. The summed E-state index contributed by atoms with van der Waals surface area (Å²) in [5, 5.41) is 13.8. The van der Waals surface area contributed by atoms with Crippen LogP contribution in [0.3, 0.4) is 0 Å². The summed E-state index contributed by atoms with van der Waals surface area (Å²) in [5.74, 6) is -0.331. The second kappa shape index (κ2) is 5.61. The van der Waals surface area contributed by atoms with E-state index in [0.717, 1.165) is 32.4 Å². The summed E-state index contributed by atoms with van der Waals surface area (Å²) in [5.41, 5.74) is -0.0689. The molecular weight excluding hydrogens is 294 g/mol. The van der Waals surface area contributed by atoms with E-state index in [-0.39, 0.29) is 28.2 Å². The second-order valence-electron chi connectivity index (χ2n) is 5.51. The van der Waals surface area contributed by atoms with Crippen molar-refractivity contribution >= 4 is 23.2 Å². The molecule has 1 N–H and O–H groups in total. The van der Waals surface area contributed by atoms with Crippen molar-refractivity contribution in [2.45, 2.75) is 31.3 Å². The van der Waals surface area contributed by atoms with E-state index in [1.165, 1.54) is 18.2 Å². The molecule has 2 saturated heterocycles. The second-order valence-corrected chi connectivity index (χ2v) is 5.89. The van der Waals surface area contributed by atoms with E-state index >= 15 is 0 Å². The Morgan fingerprint density at radius 2 is 2.19 bits per heavy atom. The summed E-state index contributed by atoms with van der Waals surface area (Å²) < 4.78 is 0. The number of halogens is 1. The molecule has 0 aromatic heterocycles. The maximum Gasteiger partial charge on any atom is 0.288 e. The highest BCUT2D eigenvalue weighted by Crippen LogP contribution is 2.30. The molecule has 1 aromatic carbocycles. The molecule has 0 radical (unpaired) electrons. The van der Waals surface area contributed by atoms with Gasteiger partial charge >= 0.3 is 0 Å². The molecule has 0 bridgehead atoms. The summed E-state index contributed by atoms with van der Waals surface area (Å²) in [6.07, 6.45) is 3.17. The number of carbonyl (C=O) groups is 1. The van der Waals surface area contributed by atoms with Gasteiger partial charge in [-0.15, -0.1) is 0 Å². The van der Waals surface area contributed by atoms with Crippen LogP contribution in [-0.4, -0.2) is 40.9 Å². The summed E-state index contributed by atoms with van der Waals surface area (Å²) >= 11 is 5.98. The van der Waals surface area contributed by atoms with Crippen LogP contribution < -0.4 is 5.32 Å². The van der Waals surface area contributed by atoms with E-state index < -0.39 is 4.92 Å². The Morgan fingerprint density at radius 1 is 1.38 bits per heavy atom. The van der Waals surface area contributed by atoms with Crippen molar-refractivity contribution in [3.63, 3.8) is 0 Å². The number of hydrogen-bond acceptors (Lipinski definition) is 4. The van der Waals surface area contributed by atoms with Crippen molar-refractivity contribution in [1.29, 1.82) is 0 Å².